The molecule has 1 nitrogen and oxygen atoms in total. The van der Waals surface area contributed by atoms with Gasteiger partial charge in [0.25, 0.3) is 0 Å². The van der Waals surface area contributed by atoms with E-state index in [1.807, 2.05) is 0 Å². The maximum atomic E-state index is 3.71. The van der Waals surface area contributed by atoms with Crippen molar-refractivity contribution < 1.29 is 0 Å². The van der Waals surface area contributed by atoms with Gasteiger partial charge in [-0.2, -0.15) is 0 Å². The predicted molar refractivity (Wildman–Crippen MR) is 70.2 cm³/mol. The lowest BCUT2D eigenvalue weighted by molar-refractivity contribution is 0.299. The minimum absolute atomic E-state index is 0.733. The van der Waals surface area contributed by atoms with E-state index in [2.05, 4.69) is 39.9 Å². The van der Waals surface area contributed by atoms with Crippen LogP contribution in [0.15, 0.2) is 0 Å². The maximum absolute atomic E-state index is 3.71. The average molecular weight is 213 g/mol. The Balaban J connectivity index is 3.98. The zero-order valence-electron chi connectivity index (χ0n) is 11.5. The van der Waals surface area contributed by atoms with Gasteiger partial charge in [0, 0.05) is 6.04 Å². The highest BCUT2D eigenvalue weighted by Crippen LogP contribution is 2.19. The summed E-state index contributed by atoms with van der Waals surface area (Å²) >= 11 is 0. The summed E-state index contributed by atoms with van der Waals surface area (Å²) in [6, 6.07) is 0.733. The van der Waals surface area contributed by atoms with Crippen molar-refractivity contribution in [2.24, 2.45) is 11.8 Å². The minimum atomic E-state index is 0.733. The van der Waals surface area contributed by atoms with Crippen LogP contribution in [0.5, 0.6) is 0 Å². The van der Waals surface area contributed by atoms with Gasteiger partial charge in [-0.15, -0.1) is 0 Å². The summed E-state index contributed by atoms with van der Waals surface area (Å²) in [5.74, 6) is 1.69. The van der Waals surface area contributed by atoms with E-state index in [0.29, 0.717) is 0 Å². The van der Waals surface area contributed by atoms with E-state index >= 15 is 0 Å². The maximum Gasteiger partial charge on any atom is 0.00951 e. The molecule has 0 aromatic heterocycles. The highest BCUT2D eigenvalue weighted by atomic mass is 14.9. The molecule has 0 spiro atoms. The Morgan fingerprint density at radius 2 is 1.67 bits per heavy atom. The van der Waals surface area contributed by atoms with Crippen LogP contribution in [-0.2, 0) is 0 Å². The molecular formula is C14H31N. The van der Waals surface area contributed by atoms with Crippen molar-refractivity contribution in [2.45, 2.75) is 72.8 Å². The molecule has 0 fully saturated rings. The summed E-state index contributed by atoms with van der Waals surface area (Å²) in [6.07, 6.45) is 6.58. The van der Waals surface area contributed by atoms with Crippen LogP contribution >= 0.6 is 0 Å². The fourth-order valence-electron chi connectivity index (χ4n) is 2.18. The number of hydrogen-bond acceptors (Lipinski definition) is 1. The van der Waals surface area contributed by atoms with E-state index in [-0.39, 0.29) is 0 Å². The molecule has 0 radical (unpaired) electrons. The highest BCUT2D eigenvalue weighted by molar-refractivity contribution is 4.74. The first-order valence-corrected chi connectivity index (χ1v) is 6.88. The number of hydrogen-bond donors (Lipinski definition) is 1. The van der Waals surface area contributed by atoms with Crippen LogP contribution in [0.4, 0.5) is 0 Å². The Hall–Kier alpha value is -0.0400. The molecule has 1 heteroatoms. The standard InChI is InChI=1S/C14H31N/c1-6-9-12(4)11-14(13(5)8-3)15-10-7-2/h12-15H,6-11H2,1-5H3. The second kappa shape index (κ2) is 9.21. The van der Waals surface area contributed by atoms with Crippen molar-refractivity contribution in [1.82, 2.24) is 5.32 Å². The van der Waals surface area contributed by atoms with E-state index in [1.54, 1.807) is 0 Å². The van der Waals surface area contributed by atoms with Gasteiger partial charge < -0.3 is 5.32 Å². The third kappa shape index (κ3) is 6.94. The fraction of sp³-hybridized carbons (Fsp3) is 1.00. The first-order valence-electron chi connectivity index (χ1n) is 6.88. The van der Waals surface area contributed by atoms with Crippen LogP contribution in [-0.4, -0.2) is 12.6 Å². The molecule has 15 heavy (non-hydrogen) atoms. The predicted octanol–water partition coefficient (Wildman–Crippen LogP) is 4.23. The second-order valence-electron chi connectivity index (χ2n) is 5.08. The quantitative estimate of drug-likeness (QED) is 0.604. The van der Waals surface area contributed by atoms with E-state index in [1.165, 1.54) is 38.6 Å². The van der Waals surface area contributed by atoms with Crippen molar-refractivity contribution in [3.63, 3.8) is 0 Å². The zero-order chi connectivity index (χ0) is 11.7. The van der Waals surface area contributed by atoms with Gasteiger partial charge in [0.15, 0.2) is 0 Å². The molecule has 0 aliphatic carbocycles. The van der Waals surface area contributed by atoms with Crippen molar-refractivity contribution in [3.8, 4) is 0 Å². The molecule has 1 N–H and O–H groups in total. The topological polar surface area (TPSA) is 12.0 Å². The molecule has 0 rings (SSSR count). The van der Waals surface area contributed by atoms with E-state index < -0.39 is 0 Å². The molecule has 0 heterocycles. The SMILES string of the molecule is CCCNC(CC(C)CCC)C(C)CC. The van der Waals surface area contributed by atoms with Gasteiger partial charge in [0.2, 0.25) is 0 Å². The van der Waals surface area contributed by atoms with E-state index in [0.717, 1.165) is 17.9 Å². The molecule has 0 bridgehead atoms. The van der Waals surface area contributed by atoms with Crippen LogP contribution in [0.25, 0.3) is 0 Å². The lowest BCUT2D eigenvalue weighted by atomic mass is 9.89. The Morgan fingerprint density at radius 3 is 2.13 bits per heavy atom. The molecule has 0 aromatic carbocycles. The van der Waals surface area contributed by atoms with Gasteiger partial charge in [0.05, 0.1) is 0 Å². The number of rotatable bonds is 9. The molecule has 0 amide bonds. The van der Waals surface area contributed by atoms with Crippen molar-refractivity contribution in [3.05, 3.63) is 0 Å². The third-order valence-corrected chi connectivity index (χ3v) is 3.43. The molecule has 3 unspecified atom stereocenters. The Labute approximate surface area is 97.0 Å². The first kappa shape index (κ1) is 15.0. The van der Waals surface area contributed by atoms with Gasteiger partial charge in [-0.25, -0.2) is 0 Å². The third-order valence-electron chi connectivity index (χ3n) is 3.43. The summed E-state index contributed by atoms with van der Waals surface area (Å²) in [6.45, 7) is 12.8. The largest absolute Gasteiger partial charge is 0.314 e. The molecule has 92 valence electrons. The summed E-state index contributed by atoms with van der Waals surface area (Å²) in [4.78, 5) is 0. The molecule has 0 aliphatic rings. The summed E-state index contributed by atoms with van der Waals surface area (Å²) in [5.41, 5.74) is 0. The number of nitrogens with one attached hydrogen (secondary N) is 1. The Kier molecular flexibility index (Phi) is 9.18. The Bertz CT molecular complexity index is 133. The molecule has 3 atom stereocenters. The van der Waals surface area contributed by atoms with Crippen molar-refractivity contribution in [2.75, 3.05) is 6.54 Å². The van der Waals surface area contributed by atoms with Crippen LogP contribution in [0.2, 0.25) is 0 Å². The fourth-order valence-corrected chi connectivity index (χ4v) is 2.18. The van der Waals surface area contributed by atoms with Gasteiger partial charge >= 0.3 is 0 Å². The average Bonchev–Trinajstić information content (AvgIpc) is 2.23. The molecular weight excluding hydrogens is 182 g/mol. The second-order valence-corrected chi connectivity index (χ2v) is 5.08. The molecule has 0 aromatic rings. The summed E-state index contributed by atoms with van der Waals surface area (Å²) in [7, 11) is 0. The van der Waals surface area contributed by atoms with Gasteiger partial charge in [-0.1, -0.05) is 53.9 Å². The van der Waals surface area contributed by atoms with Gasteiger partial charge in [0.1, 0.15) is 0 Å². The van der Waals surface area contributed by atoms with Crippen molar-refractivity contribution in [1.29, 1.82) is 0 Å². The van der Waals surface area contributed by atoms with Crippen LogP contribution in [0.1, 0.15) is 66.7 Å². The zero-order valence-corrected chi connectivity index (χ0v) is 11.5. The lowest BCUT2D eigenvalue weighted by Gasteiger charge is -2.27. The van der Waals surface area contributed by atoms with E-state index in [9.17, 15) is 0 Å². The van der Waals surface area contributed by atoms with Crippen molar-refractivity contribution >= 4 is 0 Å². The molecule has 0 saturated heterocycles. The smallest absolute Gasteiger partial charge is 0.00951 e. The molecule has 0 saturated carbocycles. The van der Waals surface area contributed by atoms with Gasteiger partial charge in [-0.05, 0) is 31.2 Å². The lowest BCUT2D eigenvalue weighted by Crippen LogP contribution is -2.36. The minimum Gasteiger partial charge on any atom is -0.314 e. The summed E-state index contributed by atoms with van der Waals surface area (Å²) < 4.78 is 0. The van der Waals surface area contributed by atoms with Crippen LogP contribution in [0.3, 0.4) is 0 Å². The first-order chi connectivity index (χ1) is 7.15. The highest BCUT2D eigenvalue weighted by Gasteiger charge is 2.17. The summed E-state index contributed by atoms with van der Waals surface area (Å²) in [5, 5.41) is 3.71. The van der Waals surface area contributed by atoms with Gasteiger partial charge in [-0.3, -0.25) is 0 Å². The van der Waals surface area contributed by atoms with Crippen LogP contribution in [0, 0.1) is 11.8 Å². The monoisotopic (exact) mass is 213 g/mol. The van der Waals surface area contributed by atoms with Crippen LogP contribution < -0.4 is 5.32 Å². The Morgan fingerprint density at radius 1 is 1.00 bits per heavy atom. The molecule has 0 aliphatic heterocycles. The normalized spacial score (nSPS) is 17.4. The van der Waals surface area contributed by atoms with E-state index in [4.69, 9.17) is 0 Å².